The van der Waals surface area contributed by atoms with Crippen LogP contribution in [0.3, 0.4) is 0 Å². The summed E-state index contributed by atoms with van der Waals surface area (Å²) in [6, 6.07) is 5.58. The van der Waals surface area contributed by atoms with Crippen LogP contribution in [-0.4, -0.2) is 50.2 Å². The summed E-state index contributed by atoms with van der Waals surface area (Å²) in [7, 11) is -3.21. The van der Waals surface area contributed by atoms with Crippen molar-refractivity contribution in [3.05, 3.63) is 29.3 Å². The quantitative estimate of drug-likeness (QED) is 0.818. The lowest BCUT2D eigenvalue weighted by atomic mass is 9.99. The van der Waals surface area contributed by atoms with Gasteiger partial charge in [-0.05, 0) is 36.5 Å². The van der Waals surface area contributed by atoms with Crippen molar-refractivity contribution in [2.75, 3.05) is 24.7 Å². The fourth-order valence-electron chi connectivity index (χ4n) is 3.27. The minimum Gasteiger partial charge on any atom is -0.364 e. The minimum atomic E-state index is -3.21. The van der Waals surface area contributed by atoms with Crippen LogP contribution >= 0.6 is 0 Å². The molecule has 1 aromatic rings. The number of carbonyl (C=O) groups is 1. The Bertz CT molecular complexity index is 735. The van der Waals surface area contributed by atoms with Gasteiger partial charge in [-0.1, -0.05) is 12.1 Å². The van der Waals surface area contributed by atoms with Crippen molar-refractivity contribution in [1.82, 2.24) is 4.31 Å². The Kier molecular flexibility index (Phi) is 4.91. The van der Waals surface area contributed by atoms with Crippen LogP contribution in [0.2, 0.25) is 0 Å². The molecule has 0 unspecified atom stereocenters. The van der Waals surface area contributed by atoms with Gasteiger partial charge in [-0.15, -0.1) is 0 Å². The molecule has 8 heteroatoms. The number of nitrogens with two attached hydrogens (primary N) is 1. The largest absolute Gasteiger partial charge is 0.364 e. The first-order valence-electron chi connectivity index (χ1n) is 8.10. The average Bonchev–Trinajstić information content (AvgIpc) is 3.03. The Morgan fingerprint density at radius 1 is 1.42 bits per heavy atom. The van der Waals surface area contributed by atoms with Crippen LogP contribution in [0.15, 0.2) is 18.2 Å². The smallest absolute Gasteiger partial charge is 0.253 e. The van der Waals surface area contributed by atoms with E-state index in [1.54, 1.807) is 0 Å². The summed E-state index contributed by atoms with van der Waals surface area (Å²) in [5.41, 5.74) is 8.25. The number of fused-ring (bicyclic) bond motifs is 1. The Morgan fingerprint density at radius 3 is 2.88 bits per heavy atom. The van der Waals surface area contributed by atoms with E-state index in [-0.39, 0.29) is 12.0 Å². The highest BCUT2D eigenvalue weighted by Crippen LogP contribution is 2.28. The SMILES string of the molecule is CS(=O)(=O)N1CCc2c(cccc2NC(=O)[C@@H]2CC[C@H](CN)O2)C1. The Morgan fingerprint density at radius 2 is 2.21 bits per heavy atom. The Hall–Kier alpha value is -1.48. The lowest BCUT2D eigenvalue weighted by molar-refractivity contribution is -0.126. The zero-order valence-electron chi connectivity index (χ0n) is 13.7. The van der Waals surface area contributed by atoms with E-state index in [1.807, 2.05) is 18.2 Å². The second-order valence-electron chi connectivity index (χ2n) is 6.34. The predicted octanol–water partition coefficient (Wildman–Crippen LogP) is 0.449. The minimum absolute atomic E-state index is 0.0474. The normalized spacial score (nSPS) is 24.6. The highest BCUT2D eigenvalue weighted by atomic mass is 32.2. The molecule has 0 spiro atoms. The van der Waals surface area contributed by atoms with Gasteiger partial charge >= 0.3 is 0 Å². The molecule has 2 heterocycles. The summed E-state index contributed by atoms with van der Waals surface area (Å²) in [6.45, 7) is 1.19. The van der Waals surface area contributed by atoms with Gasteiger partial charge in [-0.25, -0.2) is 8.42 Å². The van der Waals surface area contributed by atoms with Gasteiger partial charge in [0, 0.05) is 25.3 Å². The third-order valence-electron chi connectivity index (χ3n) is 4.62. The number of sulfonamides is 1. The first kappa shape index (κ1) is 17.3. The molecule has 3 N–H and O–H groups in total. The topological polar surface area (TPSA) is 102 Å². The monoisotopic (exact) mass is 353 g/mol. The third-order valence-corrected chi connectivity index (χ3v) is 5.87. The molecule has 2 aliphatic heterocycles. The van der Waals surface area contributed by atoms with Crippen molar-refractivity contribution in [1.29, 1.82) is 0 Å². The van der Waals surface area contributed by atoms with Crippen LogP contribution in [0.5, 0.6) is 0 Å². The van der Waals surface area contributed by atoms with Crippen LogP contribution in [0.4, 0.5) is 5.69 Å². The van der Waals surface area contributed by atoms with Gasteiger partial charge in [0.1, 0.15) is 6.10 Å². The summed E-state index contributed by atoms with van der Waals surface area (Å²) in [5, 5.41) is 2.94. The van der Waals surface area contributed by atoms with Gasteiger partial charge in [0.2, 0.25) is 10.0 Å². The number of hydrogen-bond acceptors (Lipinski definition) is 5. The molecule has 2 aliphatic rings. The standard InChI is InChI=1S/C16H23N3O4S/c1-24(21,22)19-8-7-13-11(10-19)3-2-4-14(13)18-16(20)15-6-5-12(9-17)23-15/h2-4,12,15H,5-10,17H2,1H3,(H,18,20)/t12-,15+/m1/s1. The fourth-order valence-corrected chi connectivity index (χ4v) is 4.07. The molecule has 0 saturated carbocycles. The van der Waals surface area contributed by atoms with E-state index in [1.165, 1.54) is 10.6 Å². The second kappa shape index (κ2) is 6.79. The summed E-state index contributed by atoms with van der Waals surface area (Å²) in [6.07, 6.45) is 2.75. The number of carbonyl (C=O) groups excluding carboxylic acids is 1. The summed E-state index contributed by atoms with van der Waals surface area (Å²) in [5.74, 6) is -0.162. The molecule has 0 aliphatic carbocycles. The predicted molar refractivity (Wildman–Crippen MR) is 91.0 cm³/mol. The van der Waals surface area contributed by atoms with E-state index in [9.17, 15) is 13.2 Å². The van der Waals surface area contributed by atoms with E-state index >= 15 is 0 Å². The number of benzene rings is 1. The van der Waals surface area contributed by atoms with Crippen LogP contribution in [-0.2, 0) is 32.5 Å². The molecule has 1 saturated heterocycles. The molecular formula is C16H23N3O4S. The van der Waals surface area contributed by atoms with Crippen LogP contribution < -0.4 is 11.1 Å². The molecule has 24 heavy (non-hydrogen) atoms. The number of amides is 1. The van der Waals surface area contributed by atoms with Crippen molar-refractivity contribution in [2.45, 2.75) is 38.0 Å². The van der Waals surface area contributed by atoms with Gasteiger partial charge in [0.25, 0.3) is 5.91 Å². The fraction of sp³-hybridized carbons (Fsp3) is 0.562. The van der Waals surface area contributed by atoms with Gasteiger partial charge in [0.05, 0.1) is 12.4 Å². The maximum absolute atomic E-state index is 12.4. The van der Waals surface area contributed by atoms with E-state index in [0.29, 0.717) is 32.5 Å². The first-order valence-corrected chi connectivity index (χ1v) is 9.95. The van der Waals surface area contributed by atoms with E-state index in [2.05, 4.69) is 5.32 Å². The zero-order chi connectivity index (χ0) is 17.3. The maximum atomic E-state index is 12.4. The molecule has 1 aromatic carbocycles. The Labute approximate surface area is 142 Å². The van der Waals surface area contributed by atoms with Crippen LogP contribution in [0.25, 0.3) is 0 Å². The molecule has 2 atom stereocenters. The number of rotatable bonds is 4. The van der Waals surface area contributed by atoms with Crippen molar-refractivity contribution >= 4 is 21.6 Å². The van der Waals surface area contributed by atoms with Gasteiger partial charge in [0.15, 0.2) is 0 Å². The molecule has 1 amide bonds. The zero-order valence-corrected chi connectivity index (χ0v) is 14.5. The second-order valence-corrected chi connectivity index (χ2v) is 8.32. The number of hydrogen-bond donors (Lipinski definition) is 2. The van der Waals surface area contributed by atoms with Crippen molar-refractivity contribution in [3.63, 3.8) is 0 Å². The van der Waals surface area contributed by atoms with Crippen LogP contribution in [0.1, 0.15) is 24.0 Å². The average molecular weight is 353 g/mol. The van der Waals surface area contributed by atoms with E-state index in [0.717, 1.165) is 23.2 Å². The maximum Gasteiger partial charge on any atom is 0.253 e. The van der Waals surface area contributed by atoms with Crippen molar-refractivity contribution < 1.29 is 17.9 Å². The number of nitrogens with zero attached hydrogens (tertiary/aromatic N) is 1. The highest BCUT2D eigenvalue weighted by molar-refractivity contribution is 7.88. The highest BCUT2D eigenvalue weighted by Gasteiger charge is 2.31. The van der Waals surface area contributed by atoms with Gasteiger partial charge in [-0.2, -0.15) is 4.31 Å². The number of anilines is 1. The van der Waals surface area contributed by atoms with Gasteiger partial charge in [-0.3, -0.25) is 4.79 Å². The van der Waals surface area contributed by atoms with Crippen LogP contribution in [0, 0.1) is 0 Å². The first-order chi connectivity index (χ1) is 11.4. The summed E-state index contributed by atoms with van der Waals surface area (Å²) in [4.78, 5) is 12.4. The van der Waals surface area contributed by atoms with Gasteiger partial charge < -0.3 is 15.8 Å². The molecule has 132 valence electrons. The number of ether oxygens (including phenoxy) is 1. The summed E-state index contributed by atoms with van der Waals surface area (Å²) < 4.78 is 30.5. The lowest BCUT2D eigenvalue weighted by Crippen LogP contribution is -2.36. The lowest BCUT2D eigenvalue weighted by Gasteiger charge is -2.28. The summed E-state index contributed by atoms with van der Waals surface area (Å²) >= 11 is 0. The Balaban J connectivity index is 1.73. The third kappa shape index (κ3) is 3.61. The molecule has 0 bridgehead atoms. The molecule has 7 nitrogen and oxygen atoms in total. The molecule has 0 radical (unpaired) electrons. The molecule has 0 aromatic heterocycles. The molecule has 3 rings (SSSR count). The van der Waals surface area contributed by atoms with Crippen molar-refractivity contribution in [3.8, 4) is 0 Å². The van der Waals surface area contributed by atoms with E-state index < -0.39 is 16.1 Å². The van der Waals surface area contributed by atoms with E-state index in [4.69, 9.17) is 10.5 Å². The molecule has 1 fully saturated rings. The number of nitrogens with one attached hydrogen (secondary N) is 1. The van der Waals surface area contributed by atoms with Crippen molar-refractivity contribution in [2.24, 2.45) is 5.73 Å². The molecular weight excluding hydrogens is 330 g/mol.